The van der Waals surface area contributed by atoms with Crippen molar-refractivity contribution in [3.63, 3.8) is 0 Å². The van der Waals surface area contributed by atoms with E-state index in [9.17, 15) is 10.1 Å². The maximum atomic E-state index is 11.5. The number of pyridine rings is 1. The number of rotatable bonds is 1. The molecule has 0 aliphatic carbocycles. The molecule has 0 saturated carbocycles. The Bertz CT molecular complexity index is 557. The predicted molar refractivity (Wildman–Crippen MR) is 74.6 cm³/mol. The second-order valence-corrected chi connectivity index (χ2v) is 4.80. The number of nitrogens with zero attached hydrogens (tertiary/aromatic N) is 4. The molecular weight excluding hydrogens is 256 g/mol. The highest BCUT2D eigenvalue weighted by Crippen LogP contribution is 2.24. The van der Waals surface area contributed by atoms with Crippen molar-refractivity contribution in [3.8, 4) is 6.07 Å². The first-order chi connectivity index (χ1) is 9.56. The third-order valence-electron chi connectivity index (χ3n) is 3.47. The SMILES string of the molecule is COC(=O)N1CCN(c2cc(C)nc(C)c2C#N)CC1. The molecule has 1 aromatic heterocycles. The number of anilines is 1. The van der Waals surface area contributed by atoms with Gasteiger partial charge < -0.3 is 14.5 Å². The van der Waals surface area contributed by atoms with E-state index in [0.29, 0.717) is 31.7 Å². The Labute approximate surface area is 118 Å². The van der Waals surface area contributed by atoms with Crippen LogP contribution in [0.3, 0.4) is 0 Å². The van der Waals surface area contributed by atoms with Gasteiger partial charge >= 0.3 is 6.09 Å². The molecule has 1 aromatic rings. The molecule has 6 nitrogen and oxygen atoms in total. The first-order valence-corrected chi connectivity index (χ1v) is 6.53. The van der Waals surface area contributed by atoms with Crippen molar-refractivity contribution in [3.05, 3.63) is 23.0 Å². The predicted octanol–water partition coefficient (Wildman–Crippen LogP) is 1.46. The lowest BCUT2D eigenvalue weighted by Gasteiger charge is -2.35. The fourth-order valence-electron chi connectivity index (χ4n) is 2.45. The number of amides is 1. The third kappa shape index (κ3) is 2.67. The van der Waals surface area contributed by atoms with Crippen LogP contribution in [0.1, 0.15) is 17.0 Å². The second kappa shape index (κ2) is 5.78. The van der Waals surface area contributed by atoms with E-state index in [-0.39, 0.29) is 6.09 Å². The van der Waals surface area contributed by atoms with Gasteiger partial charge in [-0.2, -0.15) is 5.26 Å². The molecule has 1 fully saturated rings. The standard InChI is InChI=1S/C14H18N4O2/c1-10-8-13(12(9-15)11(2)16-10)17-4-6-18(7-5-17)14(19)20-3/h8H,4-7H2,1-3H3. The van der Waals surface area contributed by atoms with E-state index in [2.05, 4.69) is 16.0 Å². The molecule has 6 heteroatoms. The Morgan fingerprint density at radius 2 is 2.00 bits per heavy atom. The molecule has 0 aromatic carbocycles. The number of hydrogen-bond donors (Lipinski definition) is 0. The second-order valence-electron chi connectivity index (χ2n) is 4.80. The van der Waals surface area contributed by atoms with Crippen LogP contribution in [-0.2, 0) is 4.74 Å². The van der Waals surface area contributed by atoms with Crippen LogP contribution in [0, 0.1) is 25.2 Å². The van der Waals surface area contributed by atoms with Crippen LogP contribution in [0.25, 0.3) is 0 Å². The molecule has 1 amide bonds. The number of carbonyl (C=O) groups is 1. The summed E-state index contributed by atoms with van der Waals surface area (Å²) in [7, 11) is 1.39. The number of carbonyl (C=O) groups excluding carboxylic acids is 1. The van der Waals surface area contributed by atoms with Crippen molar-refractivity contribution < 1.29 is 9.53 Å². The Morgan fingerprint density at radius 1 is 1.35 bits per heavy atom. The van der Waals surface area contributed by atoms with E-state index >= 15 is 0 Å². The van der Waals surface area contributed by atoms with Crippen LogP contribution < -0.4 is 4.90 Å². The zero-order chi connectivity index (χ0) is 14.7. The van der Waals surface area contributed by atoms with E-state index in [1.165, 1.54) is 7.11 Å². The van der Waals surface area contributed by atoms with Gasteiger partial charge in [-0.15, -0.1) is 0 Å². The number of nitriles is 1. The van der Waals surface area contributed by atoms with Gasteiger partial charge in [-0.05, 0) is 19.9 Å². The van der Waals surface area contributed by atoms with Crippen molar-refractivity contribution in [2.24, 2.45) is 0 Å². The van der Waals surface area contributed by atoms with Crippen molar-refractivity contribution in [1.82, 2.24) is 9.88 Å². The normalized spacial score (nSPS) is 14.9. The molecule has 2 heterocycles. The van der Waals surface area contributed by atoms with Gasteiger partial charge in [0.1, 0.15) is 6.07 Å². The molecular formula is C14H18N4O2. The third-order valence-corrected chi connectivity index (χ3v) is 3.47. The minimum Gasteiger partial charge on any atom is -0.453 e. The van der Waals surface area contributed by atoms with Crippen LogP contribution in [-0.4, -0.2) is 49.3 Å². The quantitative estimate of drug-likeness (QED) is 0.775. The highest BCUT2D eigenvalue weighted by molar-refractivity contribution is 5.68. The molecule has 0 atom stereocenters. The monoisotopic (exact) mass is 274 g/mol. The summed E-state index contributed by atoms with van der Waals surface area (Å²) in [6.45, 7) is 6.33. The van der Waals surface area contributed by atoms with Crippen LogP contribution in [0.2, 0.25) is 0 Å². The average molecular weight is 274 g/mol. The van der Waals surface area contributed by atoms with Crippen LogP contribution in [0.4, 0.5) is 10.5 Å². The van der Waals surface area contributed by atoms with Crippen LogP contribution in [0.15, 0.2) is 6.07 Å². The van der Waals surface area contributed by atoms with Gasteiger partial charge in [-0.3, -0.25) is 4.98 Å². The Kier molecular flexibility index (Phi) is 4.08. The average Bonchev–Trinajstić information content (AvgIpc) is 2.46. The fraction of sp³-hybridized carbons (Fsp3) is 0.500. The zero-order valence-electron chi connectivity index (χ0n) is 12.0. The van der Waals surface area contributed by atoms with E-state index < -0.39 is 0 Å². The number of aryl methyl sites for hydroxylation is 2. The molecule has 106 valence electrons. The minimum absolute atomic E-state index is 0.299. The number of ether oxygens (including phenoxy) is 1. The highest BCUT2D eigenvalue weighted by atomic mass is 16.5. The molecule has 1 aliphatic heterocycles. The molecule has 2 rings (SSSR count). The first-order valence-electron chi connectivity index (χ1n) is 6.53. The van der Waals surface area contributed by atoms with Crippen molar-refractivity contribution in [2.45, 2.75) is 13.8 Å². The Morgan fingerprint density at radius 3 is 2.55 bits per heavy atom. The number of piperazine rings is 1. The Balaban J connectivity index is 2.19. The topological polar surface area (TPSA) is 69.5 Å². The van der Waals surface area contributed by atoms with E-state index in [0.717, 1.165) is 17.1 Å². The summed E-state index contributed by atoms with van der Waals surface area (Å²) in [6.07, 6.45) is -0.299. The first kappa shape index (κ1) is 14.1. The fourth-order valence-corrected chi connectivity index (χ4v) is 2.45. The summed E-state index contributed by atoms with van der Waals surface area (Å²) < 4.78 is 4.72. The van der Waals surface area contributed by atoms with E-state index in [1.807, 2.05) is 19.9 Å². The minimum atomic E-state index is -0.299. The van der Waals surface area contributed by atoms with Gasteiger partial charge in [0.2, 0.25) is 0 Å². The smallest absolute Gasteiger partial charge is 0.409 e. The summed E-state index contributed by atoms with van der Waals surface area (Å²) in [5, 5.41) is 9.30. The Hall–Kier alpha value is -2.29. The molecule has 0 N–H and O–H groups in total. The van der Waals surface area contributed by atoms with Crippen molar-refractivity contribution >= 4 is 11.8 Å². The van der Waals surface area contributed by atoms with Gasteiger partial charge in [0.05, 0.1) is 24.1 Å². The van der Waals surface area contributed by atoms with Gasteiger partial charge in [0.15, 0.2) is 0 Å². The van der Waals surface area contributed by atoms with Crippen LogP contribution in [0.5, 0.6) is 0 Å². The molecule has 1 aliphatic rings. The largest absolute Gasteiger partial charge is 0.453 e. The number of aromatic nitrogens is 1. The molecule has 0 spiro atoms. The number of hydrogen-bond acceptors (Lipinski definition) is 5. The van der Waals surface area contributed by atoms with Crippen molar-refractivity contribution in [1.29, 1.82) is 5.26 Å². The zero-order valence-corrected chi connectivity index (χ0v) is 12.0. The van der Waals surface area contributed by atoms with Gasteiger partial charge in [-0.25, -0.2) is 4.79 Å². The molecule has 0 unspecified atom stereocenters. The van der Waals surface area contributed by atoms with E-state index in [1.54, 1.807) is 4.90 Å². The molecule has 0 radical (unpaired) electrons. The highest BCUT2D eigenvalue weighted by Gasteiger charge is 2.23. The van der Waals surface area contributed by atoms with Gasteiger partial charge in [-0.1, -0.05) is 0 Å². The summed E-state index contributed by atoms with van der Waals surface area (Å²) in [5.74, 6) is 0. The maximum absolute atomic E-state index is 11.5. The van der Waals surface area contributed by atoms with Gasteiger partial charge in [0, 0.05) is 31.9 Å². The lowest BCUT2D eigenvalue weighted by Crippen LogP contribution is -2.49. The molecule has 0 bridgehead atoms. The maximum Gasteiger partial charge on any atom is 0.409 e. The summed E-state index contributed by atoms with van der Waals surface area (Å²) in [6, 6.07) is 4.15. The number of methoxy groups -OCH3 is 1. The van der Waals surface area contributed by atoms with Gasteiger partial charge in [0.25, 0.3) is 0 Å². The van der Waals surface area contributed by atoms with E-state index in [4.69, 9.17) is 4.74 Å². The lowest BCUT2D eigenvalue weighted by atomic mass is 10.1. The lowest BCUT2D eigenvalue weighted by molar-refractivity contribution is 0.121. The molecule has 1 saturated heterocycles. The summed E-state index contributed by atoms with van der Waals surface area (Å²) >= 11 is 0. The molecule has 20 heavy (non-hydrogen) atoms. The summed E-state index contributed by atoms with van der Waals surface area (Å²) in [4.78, 5) is 19.6. The summed E-state index contributed by atoms with van der Waals surface area (Å²) in [5.41, 5.74) is 3.16. The van der Waals surface area contributed by atoms with Crippen molar-refractivity contribution in [2.75, 3.05) is 38.2 Å². The van der Waals surface area contributed by atoms with Crippen LogP contribution >= 0.6 is 0 Å².